The number of ether oxygens (including phenoxy) is 1. The molecule has 20 heavy (non-hydrogen) atoms. The molecule has 2 aromatic rings. The SMILES string of the molecule is CCCOc1cccc2c1nc(N)n2CCS(=O)CC. The molecule has 0 aliphatic rings. The van der Waals surface area contributed by atoms with Crippen LogP contribution in [0.25, 0.3) is 11.0 Å². The fourth-order valence-corrected chi connectivity index (χ4v) is 2.72. The number of benzene rings is 1. The van der Waals surface area contributed by atoms with Crippen molar-refractivity contribution in [3.05, 3.63) is 18.2 Å². The van der Waals surface area contributed by atoms with Gasteiger partial charge in [-0.1, -0.05) is 19.9 Å². The van der Waals surface area contributed by atoms with Crippen molar-refractivity contribution in [1.29, 1.82) is 0 Å². The smallest absolute Gasteiger partial charge is 0.201 e. The topological polar surface area (TPSA) is 70.1 Å². The molecule has 0 saturated heterocycles. The summed E-state index contributed by atoms with van der Waals surface area (Å²) < 4.78 is 19.2. The van der Waals surface area contributed by atoms with Crippen molar-refractivity contribution in [2.45, 2.75) is 26.8 Å². The third kappa shape index (κ3) is 3.12. The number of rotatable bonds is 7. The van der Waals surface area contributed by atoms with Gasteiger partial charge in [-0.25, -0.2) is 4.98 Å². The van der Waals surface area contributed by atoms with Crippen molar-refractivity contribution in [3.8, 4) is 5.75 Å². The van der Waals surface area contributed by atoms with Gasteiger partial charge in [-0.2, -0.15) is 0 Å². The van der Waals surface area contributed by atoms with Gasteiger partial charge in [0.2, 0.25) is 5.95 Å². The van der Waals surface area contributed by atoms with Crippen LogP contribution in [-0.2, 0) is 17.3 Å². The molecule has 5 nitrogen and oxygen atoms in total. The van der Waals surface area contributed by atoms with E-state index in [9.17, 15) is 4.21 Å². The highest BCUT2D eigenvalue weighted by Gasteiger charge is 2.12. The number of aryl methyl sites for hydroxylation is 1. The van der Waals surface area contributed by atoms with Gasteiger partial charge in [0.1, 0.15) is 11.3 Å². The molecule has 0 aliphatic carbocycles. The van der Waals surface area contributed by atoms with E-state index in [1.165, 1.54) is 0 Å². The van der Waals surface area contributed by atoms with Crippen LogP contribution in [0, 0.1) is 0 Å². The van der Waals surface area contributed by atoms with Gasteiger partial charge in [-0.15, -0.1) is 0 Å². The van der Waals surface area contributed by atoms with E-state index in [-0.39, 0.29) is 0 Å². The number of hydrogen-bond acceptors (Lipinski definition) is 4. The van der Waals surface area contributed by atoms with Crippen molar-refractivity contribution >= 4 is 27.8 Å². The summed E-state index contributed by atoms with van der Waals surface area (Å²) in [4.78, 5) is 4.39. The van der Waals surface area contributed by atoms with Crippen LogP contribution in [-0.4, -0.2) is 31.9 Å². The maximum atomic E-state index is 11.6. The monoisotopic (exact) mass is 295 g/mol. The molecule has 6 heteroatoms. The molecule has 0 aliphatic heterocycles. The van der Waals surface area contributed by atoms with E-state index in [1.807, 2.05) is 29.7 Å². The van der Waals surface area contributed by atoms with Gasteiger partial charge in [0.05, 0.1) is 12.1 Å². The fraction of sp³-hybridized carbons (Fsp3) is 0.500. The molecule has 0 fully saturated rings. The Kier molecular flexibility index (Phi) is 5.00. The molecule has 1 heterocycles. The normalized spacial score (nSPS) is 12.7. The number of anilines is 1. The first-order chi connectivity index (χ1) is 9.67. The molecule has 2 N–H and O–H groups in total. The molecule has 0 saturated carbocycles. The summed E-state index contributed by atoms with van der Waals surface area (Å²) >= 11 is 0. The van der Waals surface area contributed by atoms with E-state index in [0.717, 1.165) is 23.2 Å². The number of nitrogen functional groups attached to an aromatic ring is 1. The summed E-state index contributed by atoms with van der Waals surface area (Å²) in [6.07, 6.45) is 0.946. The zero-order valence-corrected chi connectivity index (χ0v) is 12.8. The molecule has 0 amide bonds. The van der Waals surface area contributed by atoms with Crippen LogP contribution in [0.5, 0.6) is 5.75 Å². The van der Waals surface area contributed by atoms with E-state index in [1.54, 1.807) is 0 Å². The first kappa shape index (κ1) is 14.8. The zero-order chi connectivity index (χ0) is 14.5. The molecule has 1 aromatic carbocycles. The lowest BCUT2D eigenvalue weighted by atomic mass is 10.3. The van der Waals surface area contributed by atoms with Crippen LogP contribution in [0.15, 0.2) is 18.2 Å². The highest BCUT2D eigenvalue weighted by atomic mass is 32.2. The second-order valence-electron chi connectivity index (χ2n) is 4.53. The lowest BCUT2D eigenvalue weighted by molar-refractivity contribution is 0.320. The third-order valence-electron chi connectivity index (χ3n) is 3.10. The second kappa shape index (κ2) is 6.74. The lowest BCUT2D eigenvalue weighted by Crippen LogP contribution is -2.11. The first-order valence-electron chi connectivity index (χ1n) is 6.89. The minimum atomic E-state index is -0.808. The van der Waals surface area contributed by atoms with E-state index in [2.05, 4.69) is 11.9 Å². The Labute approximate surface area is 121 Å². The Hall–Kier alpha value is -1.56. The molecule has 1 atom stereocenters. The highest BCUT2D eigenvalue weighted by molar-refractivity contribution is 7.84. The lowest BCUT2D eigenvalue weighted by Gasteiger charge is -2.07. The molecular formula is C14H21N3O2S. The van der Waals surface area contributed by atoms with Crippen molar-refractivity contribution in [3.63, 3.8) is 0 Å². The van der Waals surface area contributed by atoms with E-state index in [4.69, 9.17) is 10.5 Å². The molecular weight excluding hydrogens is 274 g/mol. The standard InChI is InChI=1S/C14H21N3O2S/c1-3-9-19-12-7-5-6-11-13(12)16-14(15)17(11)8-10-20(18)4-2/h5-7H,3-4,8-10H2,1-2H3,(H2,15,16). The van der Waals surface area contributed by atoms with Crippen LogP contribution in [0.4, 0.5) is 5.95 Å². The van der Waals surface area contributed by atoms with Gasteiger partial charge in [0.25, 0.3) is 0 Å². The number of fused-ring (bicyclic) bond motifs is 1. The van der Waals surface area contributed by atoms with Gasteiger partial charge >= 0.3 is 0 Å². The van der Waals surface area contributed by atoms with Crippen LogP contribution >= 0.6 is 0 Å². The Morgan fingerprint density at radius 2 is 2.20 bits per heavy atom. The molecule has 0 spiro atoms. The Bertz CT molecular complexity index is 610. The highest BCUT2D eigenvalue weighted by Crippen LogP contribution is 2.27. The van der Waals surface area contributed by atoms with Gasteiger partial charge in [0, 0.05) is 28.9 Å². The maximum Gasteiger partial charge on any atom is 0.201 e. The fourth-order valence-electron chi connectivity index (χ4n) is 2.04. The molecule has 110 valence electrons. The number of nitrogens with zero attached hydrogens (tertiary/aromatic N) is 2. The minimum Gasteiger partial charge on any atom is -0.491 e. The molecule has 1 unspecified atom stereocenters. The molecule has 0 radical (unpaired) electrons. The summed E-state index contributed by atoms with van der Waals surface area (Å²) in [6.45, 7) is 5.25. The van der Waals surface area contributed by atoms with E-state index in [0.29, 0.717) is 30.6 Å². The largest absolute Gasteiger partial charge is 0.491 e. The van der Waals surface area contributed by atoms with Crippen LogP contribution in [0.3, 0.4) is 0 Å². The van der Waals surface area contributed by atoms with Gasteiger partial charge in [0.15, 0.2) is 0 Å². The summed E-state index contributed by atoms with van der Waals surface area (Å²) in [5.41, 5.74) is 7.69. The minimum absolute atomic E-state index is 0.445. The summed E-state index contributed by atoms with van der Waals surface area (Å²) in [6, 6.07) is 5.80. The summed E-state index contributed by atoms with van der Waals surface area (Å²) in [7, 11) is -0.808. The van der Waals surface area contributed by atoms with Gasteiger partial charge in [-0.05, 0) is 18.6 Å². The van der Waals surface area contributed by atoms with Crippen molar-refractivity contribution in [2.75, 3.05) is 23.8 Å². The Morgan fingerprint density at radius 1 is 1.40 bits per heavy atom. The van der Waals surface area contributed by atoms with Crippen LogP contribution < -0.4 is 10.5 Å². The van der Waals surface area contributed by atoms with Gasteiger partial charge < -0.3 is 15.0 Å². The summed E-state index contributed by atoms with van der Waals surface area (Å²) in [5.74, 6) is 2.45. The van der Waals surface area contributed by atoms with E-state index < -0.39 is 10.8 Å². The Balaban J connectivity index is 2.31. The maximum absolute atomic E-state index is 11.6. The zero-order valence-electron chi connectivity index (χ0n) is 12.0. The predicted molar refractivity (Wildman–Crippen MR) is 83.5 cm³/mol. The summed E-state index contributed by atoms with van der Waals surface area (Å²) in [5, 5.41) is 0. The number of para-hydroxylation sites is 1. The predicted octanol–water partition coefficient (Wildman–Crippen LogP) is 2.18. The second-order valence-corrected chi connectivity index (χ2v) is 6.39. The average molecular weight is 295 g/mol. The average Bonchev–Trinajstić information content (AvgIpc) is 2.78. The first-order valence-corrected chi connectivity index (χ1v) is 8.38. The number of imidazole rings is 1. The van der Waals surface area contributed by atoms with Crippen molar-refractivity contribution in [2.24, 2.45) is 0 Å². The number of nitrogens with two attached hydrogens (primary N) is 1. The Morgan fingerprint density at radius 3 is 2.90 bits per heavy atom. The van der Waals surface area contributed by atoms with Crippen LogP contribution in [0.1, 0.15) is 20.3 Å². The van der Waals surface area contributed by atoms with Crippen LogP contribution in [0.2, 0.25) is 0 Å². The van der Waals surface area contributed by atoms with E-state index >= 15 is 0 Å². The molecule has 2 rings (SSSR count). The van der Waals surface area contributed by atoms with Crippen molar-refractivity contribution in [1.82, 2.24) is 9.55 Å². The van der Waals surface area contributed by atoms with Gasteiger partial charge in [-0.3, -0.25) is 4.21 Å². The quantitative estimate of drug-likeness (QED) is 0.850. The third-order valence-corrected chi connectivity index (χ3v) is 4.38. The number of hydrogen-bond donors (Lipinski definition) is 1. The van der Waals surface area contributed by atoms with Crippen molar-refractivity contribution < 1.29 is 8.95 Å². The molecule has 1 aromatic heterocycles. The molecule has 0 bridgehead atoms. The number of aromatic nitrogens is 2.